The molecule has 5 heteroatoms. The van der Waals surface area contributed by atoms with E-state index >= 15 is 0 Å². The number of hydrogen-bond acceptors (Lipinski definition) is 3. The lowest BCUT2D eigenvalue weighted by Crippen LogP contribution is -2.36. The molecular weight excluding hydrogens is 235 g/mol. The van der Waals surface area contributed by atoms with Gasteiger partial charge in [0, 0.05) is 5.02 Å². The molecule has 0 spiro atoms. The van der Waals surface area contributed by atoms with E-state index in [1.54, 1.807) is 12.1 Å². The van der Waals surface area contributed by atoms with Crippen molar-refractivity contribution in [1.29, 1.82) is 0 Å². The van der Waals surface area contributed by atoms with Gasteiger partial charge in [0.25, 0.3) is 0 Å². The fourth-order valence-corrected chi connectivity index (χ4v) is 1.21. The van der Waals surface area contributed by atoms with Crippen molar-refractivity contribution in [2.45, 2.75) is 0 Å². The van der Waals surface area contributed by atoms with E-state index in [1.165, 1.54) is 12.1 Å². The first kappa shape index (κ1) is 8.80. The van der Waals surface area contributed by atoms with Crippen LogP contribution in [0.5, 0.6) is 5.75 Å². The van der Waals surface area contributed by atoms with Gasteiger partial charge >= 0.3 is 14.8 Å². The van der Waals surface area contributed by atoms with Gasteiger partial charge in [-0.3, -0.25) is 0 Å². The molecule has 0 bridgehead atoms. The van der Waals surface area contributed by atoms with Gasteiger partial charge in [-0.25, -0.2) is 0 Å². The van der Waals surface area contributed by atoms with Gasteiger partial charge in [-0.05, 0) is 24.3 Å². The zero-order valence-corrected chi connectivity index (χ0v) is 7.63. The Kier molecular flexibility index (Phi) is 3.14. The molecule has 0 atom stereocenters. The first-order chi connectivity index (χ1) is 5.18. The van der Waals surface area contributed by atoms with Gasteiger partial charge < -0.3 is 8.40 Å². The van der Waals surface area contributed by atoms with E-state index in [2.05, 4.69) is 3.83 Å². The van der Waals surface area contributed by atoms with Gasteiger partial charge in [0.2, 0.25) is 5.75 Å². The van der Waals surface area contributed by atoms with E-state index in [0.717, 1.165) is 0 Å². The number of rotatable bonds is 2. The van der Waals surface area contributed by atoms with Crippen molar-refractivity contribution in [3.63, 3.8) is 0 Å². The summed E-state index contributed by atoms with van der Waals surface area (Å²) in [5.74, 6) is 0.286. The minimum atomic E-state index is -3.16. The summed E-state index contributed by atoms with van der Waals surface area (Å²) in [5.41, 5.74) is 0. The van der Waals surface area contributed by atoms with Crippen LogP contribution >= 0.6 is 11.6 Å². The van der Waals surface area contributed by atoms with Crippen LogP contribution < -0.4 is 12.2 Å². The summed E-state index contributed by atoms with van der Waals surface area (Å²) in [5, 5.41) is 0.545. The molecule has 0 saturated carbocycles. The molecule has 60 valence electrons. The van der Waals surface area contributed by atoms with Crippen molar-refractivity contribution in [2.24, 2.45) is 0 Å². The van der Waals surface area contributed by atoms with Crippen molar-refractivity contribution < 1.29 is 27.0 Å². The Bertz CT molecular complexity index is 224. The summed E-state index contributed by atoms with van der Waals surface area (Å²) < 4.78 is 24.6. The molecule has 0 radical (unpaired) electrons. The van der Waals surface area contributed by atoms with E-state index < -0.39 is 14.8 Å². The number of hydrogen-bond donors (Lipinski definition) is 0. The van der Waals surface area contributed by atoms with Crippen molar-refractivity contribution in [3.05, 3.63) is 29.3 Å². The Balaban J connectivity index is 2.66. The summed E-state index contributed by atoms with van der Waals surface area (Å²) in [4.78, 5) is 0. The highest BCUT2D eigenvalue weighted by atomic mass is 80.0. The summed E-state index contributed by atoms with van der Waals surface area (Å²) in [6.45, 7) is 0. The first-order valence-corrected chi connectivity index (χ1v) is 5.00. The summed E-state index contributed by atoms with van der Waals surface area (Å²) in [6.07, 6.45) is 0. The normalized spacial score (nSPS) is 10.2. The molecule has 11 heavy (non-hydrogen) atoms. The van der Waals surface area contributed by atoms with Crippen LogP contribution in [0.3, 0.4) is 0 Å². The summed E-state index contributed by atoms with van der Waals surface area (Å²) >= 11 is 2.38. The molecule has 1 rings (SSSR count). The van der Waals surface area contributed by atoms with Crippen LogP contribution in [0.15, 0.2) is 24.3 Å². The van der Waals surface area contributed by atoms with E-state index in [0.29, 0.717) is 5.02 Å². The van der Waals surface area contributed by atoms with Crippen LogP contribution in [0.2, 0.25) is 5.02 Å². The largest absolute Gasteiger partial charge is 0.501 e. The minimum Gasteiger partial charge on any atom is -0.361 e. The third kappa shape index (κ3) is 3.07. The highest BCUT2D eigenvalue weighted by Gasteiger charge is 2.11. The van der Waals surface area contributed by atoms with E-state index in [4.69, 9.17) is 11.6 Å². The molecular formula is C6H4BrClO3. The molecule has 0 fully saturated rings. The standard InChI is InChI=1S/C6H4BrClO3/c8-5-1-3-6(4-2-5)11-7(9)10/h1-4H. The molecule has 0 aliphatic heterocycles. The SMILES string of the molecule is [O-][Br+2]([O-])Oc1ccc(Cl)cc1. The van der Waals surface area contributed by atoms with Gasteiger partial charge in [-0.1, -0.05) is 11.6 Å². The predicted octanol–water partition coefficient (Wildman–Crippen LogP) is -0.195. The molecule has 0 N–H and O–H groups in total. The lowest BCUT2D eigenvalue weighted by Gasteiger charge is -1.93. The van der Waals surface area contributed by atoms with Crippen molar-refractivity contribution >= 4 is 11.6 Å². The second kappa shape index (κ2) is 3.92. The zero-order valence-electron chi connectivity index (χ0n) is 5.29. The smallest absolute Gasteiger partial charge is 0.361 e. The molecule has 0 aliphatic rings. The second-order valence-electron chi connectivity index (χ2n) is 1.72. The molecule has 0 unspecified atom stereocenters. The topological polar surface area (TPSA) is 55.3 Å². The minimum absolute atomic E-state index is 0.286. The first-order valence-electron chi connectivity index (χ1n) is 2.68. The van der Waals surface area contributed by atoms with Gasteiger partial charge in [0.1, 0.15) is 0 Å². The highest BCUT2D eigenvalue weighted by molar-refractivity contribution is 6.30. The molecule has 1 aromatic carbocycles. The van der Waals surface area contributed by atoms with Gasteiger partial charge in [0.05, 0.1) is 0 Å². The summed E-state index contributed by atoms with van der Waals surface area (Å²) in [7, 11) is 0. The maximum atomic E-state index is 10.1. The maximum Gasteiger partial charge on any atom is 0.501 e. The Hall–Kier alpha value is -0.290. The molecule has 1 aromatic rings. The Morgan fingerprint density at radius 1 is 1.18 bits per heavy atom. The maximum absolute atomic E-state index is 10.1. The van der Waals surface area contributed by atoms with Crippen LogP contribution in [-0.2, 0) is 0 Å². The summed E-state index contributed by atoms with van der Waals surface area (Å²) in [6, 6.07) is 6.09. The molecule has 0 aromatic heterocycles. The Labute approximate surface area is 74.0 Å². The third-order valence-electron chi connectivity index (χ3n) is 0.966. The number of halogens is 2. The van der Waals surface area contributed by atoms with Crippen LogP contribution in [-0.4, -0.2) is 0 Å². The van der Waals surface area contributed by atoms with Crippen molar-refractivity contribution in [1.82, 2.24) is 0 Å². The zero-order chi connectivity index (χ0) is 8.27. The Morgan fingerprint density at radius 2 is 1.73 bits per heavy atom. The lowest BCUT2D eigenvalue weighted by atomic mass is 10.3. The van der Waals surface area contributed by atoms with Gasteiger partial charge in [-0.2, -0.15) is 0 Å². The fourth-order valence-electron chi connectivity index (χ4n) is 0.559. The van der Waals surface area contributed by atoms with E-state index in [9.17, 15) is 8.40 Å². The highest BCUT2D eigenvalue weighted by Crippen LogP contribution is 2.15. The molecule has 0 aliphatic carbocycles. The van der Waals surface area contributed by atoms with E-state index in [-0.39, 0.29) is 5.75 Å². The quantitative estimate of drug-likeness (QED) is 0.718. The Morgan fingerprint density at radius 3 is 2.18 bits per heavy atom. The van der Waals surface area contributed by atoms with Crippen molar-refractivity contribution in [2.75, 3.05) is 0 Å². The molecule has 0 heterocycles. The number of benzene rings is 1. The van der Waals surface area contributed by atoms with Crippen LogP contribution in [0.4, 0.5) is 0 Å². The monoisotopic (exact) mass is 238 g/mol. The molecule has 3 nitrogen and oxygen atoms in total. The van der Waals surface area contributed by atoms with Crippen LogP contribution in [0.25, 0.3) is 0 Å². The van der Waals surface area contributed by atoms with Crippen LogP contribution in [0, 0.1) is 14.8 Å². The van der Waals surface area contributed by atoms with Gasteiger partial charge in [0.15, 0.2) is 0 Å². The average Bonchev–Trinajstić information content (AvgIpc) is 1.93. The molecule has 0 saturated heterocycles. The second-order valence-corrected chi connectivity index (χ2v) is 3.27. The van der Waals surface area contributed by atoms with Crippen molar-refractivity contribution in [3.8, 4) is 5.75 Å². The predicted molar refractivity (Wildman–Crippen MR) is 32.1 cm³/mol. The third-order valence-corrected chi connectivity index (χ3v) is 1.86. The van der Waals surface area contributed by atoms with Crippen LogP contribution in [0.1, 0.15) is 0 Å². The lowest BCUT2D eigenvalue weighted by molar-refractivity contribution is -1.62. The molecule has 0 amide bonds. The average molecular weight is 239 g/mol. The van der Waals surface area contributed by atoms with Gasteiger partial charge in [-0.15, -0.1) is 3.83 Å². The fraction of sp³-hybridized carbons (Fsp3) is 0. The van der Waals surface area contributed by atoms with E-state index in [1.807, 2.05) is 0 Å².